The Morgan fingerprint density at radius 2 is 1.90 bits per heavy atom. The fourth-order valence-electron chi connectivity index (χ4n) is 1.93. The second kappa shape index (κ2) is 10.00. The monoisotopic (exact) mass is 360 g/mol. The maximum absolute atomic E-state index is 5.34. The number of nitrogens with zero attached hydrogens (tertiary/aromatic N) is 1. The molecule has 1 aromatic carbocycles. The largest absolute Gasteiger partial charge is 0.493 e. The van der Waals surface area contributed by atoms with E-state index in [1.165, 1.54) is 0 Å². The molecule has 0 saturated carbocycles. The number of benzene rings is 1. The van der Waals surface area contributed by atoms with Crippen LogP contribution in [0.25, 0.3) is 0 Å². The van der Waals surface area contributed by atoms with Crippen molar-refractivity contribution in [1.29, 1.82) is 0 Å². The number of rotatable bonds is 10. The van der Waals surface area contributed by atoms with Crippen LogP contribution >= 0.6 is 15.9 Å². The zero-order valence-corrected chi connectivity index (χ0v) is 14.8. The van der Waals surface area contributed by atoms with Gasteiger partial charge >= 0.3 is 0 Å². The molecule has 0 aliphatic carbocycles. The van der Waals surface area contributed by atoms with Gasteiger partial charge in [0.25, 0.3) is 0 Å². The van der Waals surface area contributed by atoms with E-state index in [1.807, 2.05) is 12.1 Å². The zero-order valence-electron chi connectivity index (χ0n) is 13.2. The smallest absolute Gasteiger partial charge is 0.174 e. The number of ether oxygens (including phenoxy) is 3. The summed E-state index contributed by atoms with van der Waals surface area (Å²) in [4.78, 5) is 2.24. The topological polar surface area (TPSA) is 43.0 Å². The lowest BCUT2D eigenvalue weighted by atomic mass is 10.2. The van der Waals surface area contributed by atoms with Gasteiger partial charge in [0.2, 0.25) is 0 Å². The number of halogens is 1. The van der Waals surface area contributed by atoms with E-state index >= 15 is 0 Å². The van der Waals surface area contributed by atoms with Gasteiger partial charge in [-0.25, -0.2) is 0 Å². The molecule has 1 aromatic rings. The summed E-state index contributed by atoms with van der Waals surface area (Å²) in [7, 11) is 7.09. The lowest BCUT2D eigenvalue weighted by molar-refractivity contribution is 0.161. The molecule has 0 aliphatic rings. The van der Waals surface area contributed by atoms with Crippen molar-refractivity contribution in [3.63, 3.8) is 0 Å². The molecule has 0 aromatic heterocycles. The van der Waals surface area contributed by atoms with E-state index in [0.29, 0.717) is 0 Å². The Labute approximate surface area is 135 Å². The van der Waals surface area contributed by atoms with E-state index < -0.39 is 0 Å². The molecule has 0 amide bonds. The minimum Gasteiger partial charge on any atom is -0.493 e. The summed E-state index contributed by atoms with van der Waals surface area (Å²) >= 11 is 3.50. The first kappa shape index (κ1) is 18.2. The lowest BCUT2D eigenvalue weighted by Crippen LogP contribution is -2.31. The first-order valence-corrected chi connectivity index (χ1v) is 7.70. The molecule has 0 spiro atoms. The summed E-state index contributed by atoms with van der Waals surface area (Å²) in [6.07, 6.45) is 0. The number of hydrogen-bond acceptors (Lipinski definition) is 5. The fraction of sp³-hybridized carbons (Fsp3) is 0.600. The molecule has 0 atom stereocenters. The summed E-state index contributed by atoms with van der Waals surface area (Å²) in [5, 5.41) is 3.43. The predicted octanol–water partition coefficient (Wildman–Crippen LogP) is 2.13. The Morgan fingerprint density at radius 3 is 2.52 bits per heavy atom. The Hall–Kier alpha value is -0.820. The number of hydrogen-bond donors (Lipinski definition) is 1. The minimum atomic E-state index is 0.723. The van der Waals surface area contributed by atoms with Gasteiger partial charge in [-0.2, -0.15) is 0 Å². The third-order valence-electron chi connectivity index (χ3n) is 3.17. The van der Waals surface area contributed by atoms with Crippen LogP contribution < -0.4 is 14.8 Å². The summed E-state index contributed by atoms with van der Waals surface area (Å²) in [6.45, 7) is 4.40. The highest BCUT2D eigenvalue weighted by atomic mass is 79.9. The number of methoxy groups -OCH3 is 3. The summed E-state index contributed by atoms with van der Waals surface area (Å²) < 4.78 is 16.6. The molecule has 120 valence electrons. The van der Waals surface area contributed by atoms with E-state index in [-0.39, 0.29) is 0 Å². The SMILES string of the molecule is COCCN(C)CCNCc1cc(Br)c(OC)c(OC)c1. The van der Waals surface area contributed by atoms with Crippen LogP contribution in [0.1, 0.15) is 5.56 Å². The molecule has 6 heteroatoms. The fourth-order valence-corrected chi connectivity index (χ4v) is 2.59. The van der Waals surface area contributed by atoms with Gasteiger partial charge in [0.15, 0.2) is 11.5 Å². The van der Waals surface area contributed by atoms with Gasteiger partial charge < -0.3 is 24.4 Å². The van der Waals surface area contributed by atoms with Crippen molar-refractivity contribution >= 4 is 15.9 Å². The van der Waals surface area contributed by atoms with Crippen LogP contribution in [0, 0.1) is 0 Å². The molecule has 0 saturated heterocycles. The molecule has 0 aliphatic heterocycles. The van der Waals surface area contributed by atoms with Gasteiger partial charge in [-0.05, 0) is 40.7 Å². The van der Waals surface area contributed by atoms with Gasteiger partial charge in [-0.1, -0.05) is 0 Å². The van der Waals surface area contributed by atoms with Crippen LogP contribution in [0.3, 0.4) is 0 Å². The van der Waals surface area contributed by atoms with E-state index in [2.05, 4.69) is 33.2 Å². The van der Waals surface area contributed by atoms with Crippen LogP contribution in [-0.2, 0) is 11.3 Å². The molecule has 21 heavy (non-hydrogen) atoms. The first-order valence-electron chi connectivity index (χ1n) is 6.91. The van der Waals surface area contributed by atoms with Crippen LogP contribution in [0.15, 0.2) is 16.6 Å². The molecule has 0 bridgehead atoms. The molecular weight excluding hydrogens is 336 g/mol. The summed E-state index contributed by atoms with van der Waals surface area (Å²) in [5.41, 5.74) is 1.15. The second-order valence-electron chi connectivity index (χ2n) is 4.79. The highest BCUT2D eigenvalue weighted by molar-refractivity contribution is 9.10. The molecule has 0 radical (unpaired) electrons. The number of likely N-dealkylation sites (N-methyl/N-ethyl adjacent to an activating group) is 1. The van der Waals surface area contributed by atoms with E-state index in [0.717, 1.165) is 54.3 Å². The van der Waals surface area contributed by atoms with Crippen LogP contribution in [0.2, 0.25) is 0 Å². The Bertz CT molecular complexity index is 430. The molecular formula is C15H25BrN2O3. The van der Waals surface area contributed by atoms with Gasteiger partial charge in [0, 0.05) is 33.3 Å². The quantitative estimate of drug-likeness (QED) is 0.647. The normalized spacial score (nSPS) is 11.0. The first-order chi connectivity index (χ1) is 10.1. The zero-order chi connectivity index (χ0) is 15.7. The Morgan fingerprint density at radius 1 is 1.14 bits per heavy atom. The van der Waals surface area contributed by atoms with Crippen LogP contribution in [-0.4, -0.2) is 59.5 Å². The summed E-state index contributed by atoms with van der Waals surface area (Å²) in [5.74, 6) is 1.46. The third kappa shape index (κ3) is 6.22. The lowest BCUT2D eigenvalue weighted by Gasteiger charge is -2.16. The molecule has 0 unspecified atom stereocenters. The van der Waals surface area contributed by atoms with Gasteiger partial charge in [-0.15, -0.1) is 0 Å². The minimum absolute atomic E-state index is 0.723. The van der Waals surface area contributed by atoms with E-state index in [4.69, 9.17) is 14.2 Å². The van der Waals surface area contributed by atoms with Crippen molar-refractivity contribution in [3.05, 3.63) is 22.2 Å². The second-order valence-corrected chi connectivity index (χ2v) is 5.64. The van der Waals surface area contributed by atoms with Crippen LogP contribution in [0.4, 0.5) is 0 Å². The predicted molar refractivity (Wildman–Crippen MR) is 88.3 cm³/mol. The highest BCUT2D eigenvalue weighted by Gasteiger charge is 2.10. The van der Waals surface area contributed by atoms with Gasteiger partial charge in [-0.3, -0.25) is 0 Å². The molecule has 1 rings (SSSR count). The Balaban J connectivity index is 2.44. The van der Waals surface area contributed by atoms with Crippen molar-refractivity contribution in [2.24, 2.45) is 0 Å². The third-order valence-corrected chi connectivity index (χ3v) is 3.76. The van der Waals surface area contributed by atoms with Crippen LogP contribution in [0.5, 0.6) is 11.5 Å². The van der Waals surface area contributed by atoms with Gasteiger partial charge in [0.1, 0.15) is 0 Å². The van der Waals surface area contributed by atoms with Crippen molar-refractivity contribution < 1.29 is 14.2 Å². The molecule has 1 N–H and O–H groups in total. The van der Waals surface area contributed by atoms with Gasteiger partial charge in [0.05, 0.1) is 25.3 Å². The maximum atomic E-state index is 5.34. The Kier molecular flexibility index (Phi) is 8.68. The van der Waals surface area contributed by atoms with Crippen molar-refractivity contribution in [2.75, 3.05) is 54.6 Å². The summed E-state index contributed by atoms with van der Waals surface area (Å²) in [6, 6.07) is 4.04. The highest BCUT2D eigenvalue weighted by Crippen LogP contribution is 2.36. The van der Waals surface area contributed by atoms with Crippen molar-refractivity contribution in [2.45, 2.75) is 6.54 Å². The standard InChI is InChI=1S/C15H25BrN2O3/c1-18(7-8-19-2)6-5-17-11-12-9-13(16)15(21-4)14(10-12)20-3/h9-10,17H,5-8,11H2,1-4H3. The maximum Gasteiger partial charge on any atom is 0.174 e. The van der Waals surface area contributed by atoms with E-state index in [1.54, 1.807) is 21.3 Å². The van der Waals surface area contributed by atoms with Crippen molar-refractivity contribution in [1.82, 2.24) is 10.2 Å². The average molecular weight is 361 g/mol. The molecule has 0 fully saturated rings. The number of nitrogens with one attached hydrogen (secondary N) is 1. The van der Waals surface area contributed by atoms with Crippen molar-refractivity contribution in [3.8, 4) is 11.5 Å². The molecule has 5 nitrogen and oxygen atoms in total. The molecule has 0 heterocycles. The average Bonchev–Trinajstić information content (AvgIpc) is 2.48. The van der Waals surface area contributed by atoms with E-state index in [9.17, 15) is 0 Å².